The molecule has 0 saturated carbocycles. The molecule has 2 aliphatic heterocycles. The van der Waals surface area contributed by atoms with Gasteiger partial charge in [-0.15, -0.1) is 5.10 Å². The van der Waals surface area contributed by atoms with E-state index in [2.05, 4.69) is 49.6 Å². The molecule has 0 spiro atoms. The van der Waals surface area contributed by atoms with Gasteiger partial charge in [-0.2, -0.15) is 0 Å². The van der Waals surface area contributed by atoms with E-state index in [0.717, 1.165) is 36.5 Å². The molecule has 10 nitrogen and oxygen atoms in total. The predicted octanol–water partition coefficient (Wildman–Crippen LogP) is 2.06. The number of carbonyl (C=O) groups is 1. The van der Waals surface area contributed by atoms with Crippen LogP contribution in [0.2, 0.25) is 0 Å². The molecule has 180 valence electrons. The van der Waals surface area contributed by atoms with E-state index in [0.29, 0.717) is 38.5 Å². The summed E-state index contributed by atoms with van der Waals surface area (Å²) in [4.78, 5) is 19.0. The van der Waals surface area contributed by atoms with E-state index in [1.54, 1.807) is 12.1 Å². The molecule has 2 fully saturated rings. The molecule has 2 aromatic heterocycles. The number of carbonyl (C=O) groups excluding carboxylic acids is 1. The average molecular weight is 466 g/mol. The number of furan rings is 1. The number of aromatic nitrogens is 4. The third-order valence-electron chi connectivity index (χ3n) is 6.63. The van der Waals surface area contributed by atoms with E-state index in [4.69, 9.17) is 9.15 Å². The van der Waals surface area contributed by atoms with Crippen molar-refractivity contribution < 1.29 is 13.9 Å². The quantitative estimate of drug-likeness (QED) is 0.524. The van der Waals surface area contributed by atoms with Crippen molar-refractivity contribution in [2.45, 2.75) is 31.5 Å². The number of nitrogens with zero attached hydrogens (tertiary/aromatic N) is 7. The summed E-state index contributed by atoms with van der Waals surface area (Å²) < 4.78 is 13.0. The molecule has 0 bridgehead atoms. The summed E-state index contributed by atoms with van der Waals surface area (Å²) in [5, 5.41) is 12.8. The van der Waals surface area contributed by atoms with Crippen LogP contribution in [0.5, 0.6) is 0 Å². The van der Waals surface area contributed by atoms with Crippen LogP contribution in [0.15, 0.2) is 47.1 Å². The molecule has 0 aliphatic carbocycles. The molecule has 2 saturated heterocycles. The molecule has 10 heteroatoms. The normalized spacial score (nSPS) is 19.9. The highest BCUT2D eigenvalue weighted by Crippen LogP contribution is 2.30. The molecular weight excluding hydrogens is 434 g/mol. The molecule has 2 atom stereocenters. The van der Waals surface area contributed by atoms with Gasteiger partial charge < -0.3 is 19.0 Å². The zero-order valence-corrected chi connectivity index (χ0v) is 19.7. The lowest BCUT2D eigenvalue weighted by molar-refractivity contribution is 0.0551. The van der Waals surface area contributed by atoms with E-state index in [9.17, 15) is 4.79 Å². The number of ether oxygens (including phenoxy) is 1. The van der Waals surface area contributed by atoms with Crippen LogP contribution in [0.25, 0.3) is 0 Å². The van der Waals surface area contributed by atoms with E-state index >= 15 is 0 Å². The fourth-order valence-corrected chi connectivity index (χ4v) is 4.74. The van der Waals surface area contributed by atoms with Crippen LogP contribution in [0.4, 0.5) is 5.69 Å². The highest BCUT2D eigenvalue weighted by Gasteiger charge is 2.33. The van der Waals surface area contributed by atoms with Crippen LogP contribution in [0.1, 0.15) is 40.8 Å². The summed E-state index contributed by atoms with van der Waals surface area (Å²) >= 11 is 0. The Morgan fingerprint density at radius 1 is 1.15 bits per heavy atom. The van der Waals surface area contributed by atoms with Crippen molar-refractivity contribution in [3.63, 3.8) is 0 Å². The third-order valence-corrected chi connectivity index (χ3v) is 6.63. The fraction of sp³-hybridized carbons (Fsp3) is 0.500. The Bertz CT molecular complexity index is 1070. The lowest BCUT2D eigenvalue weighted by Crippen LogP contribution is -2.50. The molecular formula is C24H31N7O3. The van der Waals surface area contributed by atoms with Gasteiger partial charge >= 0.3 is 0 Å². The van der Waals surface area contributed by atoms with Crippen LogP contribution in [0.3, 0.4) is 0 Å². The SMILES string of the molecule is CN(C)c1ccc([C@@H](c2nnnn2C[C@@H]2CCCO2)N2CCN(C(=O)c3ccco3)CC2)cc1. The van der Waals surface area contributed by atoms with Gasteiger partial charge in [-0.1, -0.05) is 12.1 Å². The lowest BCUT2D eigenvalue weighted by atomic mass is 10.0. The number of hydrogen-bond donors (Lipinski definition) is 0. The Labute approximate surface area is 199 Å². The summed E-state index contributed by atoms with van der Waals surface area (Å²) in [5.74, 6) is 1.11. The summed E-state index contributed by atoms with van der Waals surface area (Å²) in [6.45, 7) is 4.08. The van der Waals surface area contributed by atoms with Gasteiger partial charge in [0.05, 0.1) is 25.0 Å². The highest BCUT2D eigenvalue weighted by atomic mass is 16.5. The predicted molar refractivity (Wildman–Crippen MR) is 126 cm³/mol. The van der Waals surface area contributed by atoms with Gasteiger partial charge in [-0.3, -0.25) is 9.69 Å². The van der Waals surface area contributed by atoms with E-state index in [1.807, 2.05) is 23.7 Å². The molecule has 2 aliphatic rings. The minimum atomic E-state index is -0.117. The monoisotopic (exact) mass is 465 g/mol. The molecule has 1 amide bonds. The molecule has 3 aromatic rings. The summed E-state index contributed by atoms with van der Waals surface area (Å²) in [6.07, 6.45) is 3.77. The van der Waals surface area contributed by atoms with Crippen molar-refractivity contribution in [2.24, 2.45) is 0 Å². The average Bonchev–Trinajstić information content (AvgIpc) is 3.64. The topological polar surface area (TPSA) is 92.8 Å². The Morgan fingerprint density at radius 3 is 2.59 bits per heavy atom. The van der Waals surface area contributed by atoms with Crippen LogP contribution in [-0.4, -0.2) is 88.9 Å². The second kappa shape index (κ2) is 9.94. The van der Waals surface area contributed by atoms with Gasteiger partial charge in [0, 0.05) is 52.6 Å². The smallest absolute Gasteiger partial charge is 0.289 e. The van der Waals surface area contributed by atoms with Gasteiger partial charge in [0.2, 0.25) is 0 Å². The number of amides is 1. The number of piperazine rings is 1. The van der Waals surface area contributed by atoms with Crippen molar-refractivity contribution in [3.05, 3.63) is 59.8 Å². The van der Waals surface area contributed by atoms with Crippen LogP contribution >= 0.6 is 0 Å². The number of benzene rings is 1. The Balaban J connectivity index is 1.39. The standard InChI is InChI=1S/C24H31N7O3/c1-28(2)19-9-7-18(8-10-19)22(23-25-26-27-31(23)17-20-5-3-15-33-20)29-11-13-30(14-12-29)24(32)21-6-4-16-34-21/h4,6-10,16,20,22H,3,5,11-15,17H2,1-2H3/t20-,22-/m0/s1. The largest absolute Gasteiger partial charge is 0.459 e. The van der Waals surface area contributed by atoms with Crippen LogP contribution in [0, 0.1) is 0 Å². The number of anilines is 1. The molecule has 5 rings (SSSR count). The third kappa shape index (κ3) is 4.69. The van der Waals surface area contributed by atoms with Gasteiger partial charge in [0.25, 0.3) is 5.91 Å². The number of rotatable bonds is 7. The first kappa shape index (κ1) is 22.5. The highest BCUT2D eigenvalue weighted by molar-refractivity contribution is 5.91. The summed E-state index contributed by atoms with van der Waals surface area (Å²) in [5.41, 5.74) is 2.26. The zero-order chi connectivity index (χ0) is 23.5. The first-order valence-electron chi connectivity index (χ1n) is 11.8. The van der Waals surface area contributed by atoms with Gasteiger partial charge in [0.15, 0.2) is 11.6 Å². The lowest BCUT2D eigenvalue weighted by Gasteiger charge is -2.38. The minimum absolute atomic E-state index is 0.0697. The van der Waals surface area contributed by atoms with E-state index in [-0.39, 0.29) is 18.1 Å². The van der Waals surface area contributed by atoms with Crippen molar-refractivity contribution in [1.82, 2.24) is 30.0 Å². The van der Waals surface area contributed by atoms with Crippen molar-refractivity contribution in [3.8, 4) is 0 Å². The first-order chi connectivity index (χ1) is 16.6. The summed E-state index contributed by atoms with van der Waals surface area (Å²) in [6, 6.07) is 11.9. The minimum Gasteiger partial charge on any atom is -0.459 e. The van der Waals surface area contributed by atoms with Crippen molar-refractivity contribution in [1.29, 1.82) is 0 Å². The van der Waals surface area contributed by atoms with Crippen LogP contribution in [-0.2, 0) is 11.3 Å². The second-order valence-corrected chi connectivity index (χ2v) is 9.05. The fourth-order valence-electron chi connectivity index (χ4n) is 4.74. The van der Waals surface area contributed by atoms with Gasteiger partial charge in [0.1, 0.15) is 0 Å². The molecule has 34 heavy (non-hydrogen) atoms. The van der Waals surface area contributed by atoms with Gasteiger partial charge in [-0.25, -0.2) is 4.68 Å². The van der Waals surface area contributed by atoms with E-state index < -0.39 is 0 Å². The van der Waals surface area contributed by atoms with Crippen molar-refractivity contribution in [2.75, 3.05) is 51.8 Å². The molecule has 0 N–H and O–H groups in total. The van der Waals surface area contributed by atoms with Gasteiger partial charge in [-0.05, 0) is 53.1 Å². The Morgan fingerprint density at radius 2 is 1.94 bits per heavy atom. The molecule has 1 aromatic carbocycles. The number of hydrogen-bond acceptors (Lipinski definition) is 8. The number of tetrazole rings is 1. The van der Waals surface area contributed by atoms with Crippen molar-refractivity contribution >= 4 is 11.6 Å². The summed E-state index contributed by atoms with van der Waals surface area (Å²) in [7, 11) is 4.06. The maximum Gasteiger partial charge on any atom is 0.289 e. The Kier molecular flexibility index (Phi) is 6.59. The second-order valence-electron chi connectivity index (χ2n) is 9.05. The maximum absolute atomic E-state index is 12.7. The van der Waals surface area contributed by atoms with E-state index in [1.165, 1.54) is 6.26 Å². The van der Waals surface area contributed by atoms with Crippen LogP contribution < -0.4 is 4.90 Å². The maximum atomic E-state index is 12.7. The molecule has 0 radical (unpaired) electrons. The zero-order valence-electron chi connectivity index (χ0n) is 19.7. The molecule has 0 unspecified atom stereocenters. The Hall–Kier alpha value is -3.24. The first-order valence-corrected chi connectivity index (χ1v) is 11.8. The molecule has 4 heterocycles.